The van der Waals surface area contributed by atoms with Crippen molar-refractivity contribution in [3.8, 4) is 0 Å². The summed E-state index contributed by atoms with van der Waals surface area (Å²) in [6.07, 6.45) is 1.53. The molecule has 0 aromatic heterocycles. The zero-order valence-electron chi connectivity index (χ0n) is 9.15. The van der Waals surface area contributed by atoms with Crippen LogP contribution in [0.25, 0.3) is 0 Å². The largest absolute Gasteiger partial charge is 0.0686 e. The van der Waals surface area contributed by atoms with E-state index in [9.17, 15) is 0 Å². The Bertz CT molecular complexity index is 209. The van der Waals surface area contributed by atoms with Crippen molar-refractivity contribution in [2.45, 2.75) is 57.3 Å². The number of hydrogen-bond acceptors (Lipinski definition) is 0. The Balaban J connectivity index is 2.02. The van der Waals surface area contributed by atoms with Crippen LogP contribution in [0.5, 0.6) is 0 Å². The van der Waals surface area contributed by atoms with Crippen molar-refractivity contribution in [3.05, 3.63) is 0 Å². The summed E-state index contributed by atoms with van der Waals surface area (Å²) >= 11 is 0. The smallest absolute Gasteiger partial charge is 0.0592 e. The van der Waals surface area contributed by atoms with Crippen molar-refractivity contribution in [1.82, 2.24) is 0 Å². The summed E-state index contributed by atoms with van der Waals surface area (Å²) in [7, 11) is -0.781. The summed E-state index contributed by atoms with van der Waals surface area (Å²) in [5, 5.41) is 0.773. The summed E-state index contributed by atoms with van der Waals surface area (Å²) in [4.78, 5) is 0. The van der Waals surface area contributed by atoms with Gasteiger partial charge in [0, 0.05) is 0 Å². The molecule has 0 amide bonds. The summed E-state index contributed by atoms with van der Waals surface area (Å²) in [5.74, 6) is 2.17. The van der Waals surface area contributed by atoms with Crippen LogP contribution in [0.1, 0.15) is 34.1 Å². The molecule has 70 valence electrons. The molecule has 4 unspecified atom stereocenters. The fraction of sp³-hybridized carbons (Fsp3) is 1.00. The minimum atomic E-state index is -0.781. The molecule has 0 aromatic rings. The van der Waals surface area contributed by atoms with Crippen LogP contribution in [0.4, 0.5) is 0 Å². The van der Waals surface area contributed by atoms with Crippen LogP contribution in [-0.2, 0) is 0 Å². The Morgan fingerprint density at radius 1 is 1.42 bits per heavy atom. The molecule has 1 heterocycles. The first kappa shape index (κ1) is 8.80. The quantitative estimate of drug-likeness (QED) is 0.568. The van der Waals surface area contributed by atoms with Crippen molar-refractivity contribution in [2.75, 3.05) is 0 Å². The maximum absolute atomic E-state index is 2.63. The third-order valence-corrected chi connectivity index (χ3v) is 11.9. The van der Waals surface area contributed by atoms with Gasteiger partial charge in [-0.2, -0.15) is 0 Å². The first-order chi connectivity index (χ1) is 5.38. The van der Waals surface area contributed by atoms with E-state index in [4.69, 9.17) is 0 Å². The van der Waals surface area contributed by atoms with Gasteiger partial charge < -0.3 is 0 Å². The van der Waals surface area contributed by atoms with Gasteiger partial charge in [-0.3, -0.25) is 0 Å². The molecule has 4 atom stereocenters. The molecule has 2 aliphatic rings. The molecule has 1 aliphatic heterocycles. The molecular weight excluding hydrogens is 160 g/mol. The lowest BCUT2D eigenvalue weighted by molar-refractivity contribution is 0.696. The topological polar surface area (TPSA) is 0 Å². The van der Waals surface area contributed by atoms with E-state index in [0.29, 0.717) is 0 Å². The highest BCUT2D eigenvalue weighted by atomic mass is 28.3. The zero-order valence-corrected chi connectivity index (χ0v) is 10.1. The molecule has 12 heavy (non-hydrogen) atoms. The van der Waals surface area contributed by atoms with E-state index in [-0.39, 0.29) is 0 Å². The van der Waals surface area contributed by atoms with Crippen LogP contribution < -0.4 is 0 Å². The Morgan fingerprint density at radius 2 is 1.83 bits per heavy atom. The van der Waals surface area contributed by atoms with Crippen molar-refractivity contribution in [1.29, 1.82) is 0 Å². The third-order valence-electron chi connectivity index (χ3n) is 5.05. The predicted octanol–water partition coefficient (Wildman–Crippen LogP) is 3.90. The molecule has 1 saturated carbocycles. The minimum Gasteiger partial charge on any atom is -0.0686 e. The highest BCUT2D eigenvalue weighted by molar-refractivity contribution is 6.93. The van der Waals surface area contributed by atoms with Crippen molar-refractivity contribution in [3.63, 3.8) is 0 Å². The van der Waals surface area contributed by atoms with Crippen LogP contribution in [0.2, 0.25) is 23.2 Å². The minimum absolute atomic E-state index is 0.773. The average Bonchev–Trinajstić information content (AvgIpc) is 2.74. The van der Waals surface area contributed by atoms with Crippen molar-refractivity contribution >= 4 is 8.07 Å². The van der Waals surface area contributed by atoms with E-state index in [1.807, 2.05) is 0 Å². The van der Waals surface area contributed by atoms with Crippen LogP contribution in [-0.4, -0.2) is 8.07 Å². The van der Waals surface area contributed by atoms with Crippen LogP contribution in [0.15, 0.2) is 0 Å². The number of rotatable bonds is 2. The van der Waals surface area contributed by atoms with E-state index in [1.165, 1.54) is 6.42 Å². The summed E-state index contributed by atoms with van der Waals surface area (Å²) in [5.41, 5.74) is 1.10. The molecule has 1 saturated heterocycles. The first-order valence-corrected chi connectivity index (χ1v) is 8.17. The Labute approximate surface area is 77.8 Å². The van der Waals surface area contributed by atoms with Gasteiger partial charge in [-0.25, -0.2) is 0 Å². The molecular formula is C11H22Si. The fourth-order valence-corrected chi connectivity index (χ4v) is 8.72. The average molecular weight is 182 g/mol. The molecule has 2 rings (SSSR count). The van der Waals surface area contributed by atoms with Gasteiger partial charge in [-0.15, -0.1) is 0 Å². The fourth-order valence-electron chi connectivity index (χ4n) is 3.17. The highest BCUT2D eigenvalue weighted by Crippen LogP contribution is 2.70. The van der Waals surface area contributed by atoms with Gasteiger partial charge in [0.1, 0.15) is 0 Å². The lowest BCUT2D eigenvalue weighted by Gasteiger charge is -2.21. The zero-order chi connectivity index (χ0) is 9.15. The second-order valence-corrected chi connectivity index (χ2v) is 11.6. The Hall–Kier alpha value is 0.217. The van der Waals surface area contributed by atoms with E-state index < -0.39 is 8.07 Å². The van der Waals surface area contributed by atoms with Crippen LogP contribution >= 0.6 is 0 Å². The lowest BCUT2D eigenvalue weighted by atomic mass is 10.3. The van der Waals surface area contributed by atoms with Crippen LogP contribution in [0.3, 0.4) is 0 Å². The van der Waals surface area contributed by atoms with Gasteiger partial charge in [0.05, 0.1) is 8.07 Å². The maximum Gasteiger partial charge on any atom is 0.0592 e. The molecule has 1 heteroatoms. The Kier molecular flexibility index (Phi) is 1.59. The van der Waals surface area contributed by atoms with Gasteiger partial charge in [0.25, 0.3) is 0 Å². The van der Waals surface area contributed by atoms with Gasteiger partial charge in [-0.05, 0) is 28.8 Å². The second-order valence-electron chi connectivity index (χ2n) is 6.14. The predicted molar refractivity (Wildman–Crippen MR) is 57.2 cm³/mol. The van der Waals surface area contributed by atoms with Crippen LogP contribution in [0, 0.1) is 11.8 Å². The van der Waals surface area contributed by atoms with E-state index in [0.717, 1.165) is 22.4 Å². The maximum atomic E-state index is 2.63. The third kappa shape index (κ3) is 1.02. The van der Waals surface area contributed by atoms with E-state index >= 15 is 0 Å². The molecule has 0 spiro atoms. The molecule has 0 aromatic carbocycles. The Morgan fingerprint density at radius 3 is 2.08 bits per heavy atom. The molecule has 0 N–H and O–H groups in total. The van der Waals surface area contributed by atoms with Crippen molar-refractivity contribution < 1.29 is 0 Å². The number of hydrogen-bond donors (Lipinski definition) is 0. The first-order valence-electron chi connectivity index (χ1n) is 5.38. The molecule has 2 fully saturated rings. The summed E-state index contributed by atoms with van der Waals surface area (Å²) in [6.45, 7) is 12.6. The monoisotopic (exact) mass is 182 g/mol. The molecule has 1 aliphatic carbocycles. The summed E-state index contributed by atoms with van der Waals surface area (Å²) < 4.78 is 0. The molecule has 0 nitrogen and oxygen atoms in total. The standard InChI is InChI=1S/C11H22Si/c1-8-6-10(8)9(2)12(5)7-11(12,3)4/h8-10H,6-7H2,1-5H3. The van der Waals surface area contributed by atoms with Crippen molar-refractivity contribution in [2.24, 2.45) is 11.8 Å². The second kappa shape index (κ2) is 2.17. The van der Waals surface area contributed by atoms with Gasteiger partial charge >= 0.3 is 0 Å². The normalized spacial score (nSPS) is 51.8. The van der Waals surface area contributed by atoms with Gasteiger partial charge in [0.15, 0.2) is 0 Å². The van der Waals surface area contributed by atoms with E-state index in [2.05, 4.69) is 34.2 Å². The highest BCUT2D eigenvalue weighted by Gasteiger charge is 2.64. The lowest BCUT2D eigenvalue weighted by Crippen LogP contribution is -2.22. The summed E-state index contributed by atoms with van der Waals surface area (Å²) in [6, 6.07) is 1.59. The molecule has 0 bridgehead atoms. The SMILES string of the molecule is CC1CC1C(C)[Si]1(C)CC1(C)C. The van der Waals surface area contributed by atoms with Gasteiger partial charge in [-0.1, -0.05) is 40.3 Å². The van der Waals surface area contributed by atoms with E-state index in [1.54, 1.807) is 6.04 Å². The van der Waals surface area contributed by atoms with Gasteiger partial charge in [0.2, 0.25) is 0 Å². The molecule has 0 radical (unpaired) electrons.